The Morgan fingerprint density at radius 2 is 1.81 bits per heavy atom. The molecule has 0 aliphatic heterocycles. The maximum absolute atomic E-state index is 4.42. The summed E-state index contributed by atoms with van der Waals surface area (Å²) in [4.78, 5) is 0. The van der Waals surface area contributed by atoms with Crippen molar-refractivity contribution in [3.63, 3.8) is 0 Å². The smallest absolute Gasteiger partial charge is 0.00803 e. The first-order valence-corrected chi connectivity index (χ1v) is 7.89. The lowest BCUT2D eigenvalue weighted by Gasteiger charge is -2.19. The van der Waals surface area contributed by atoms with Gasteiger partial charge in [0.05, 0.1) is 0 Å². The summed E-state index contributed by atoms with van der Waals surface area (Å²) >= 11 is 0. The number of allylic oxidation sites excluding steroid dienone is 6. The first-order chi connectivity index (χ1) is 10.0. The van der Waals surface area contributed by atoms with Crippen molar-refractivity contribution in [2.75, 3.05) is 0 Å². The summed E-state index contributed by atoms with van der Waals surface area (Å²) in [5, 5.41) is 0. The zero-order chi connectivity index (χ0) is 15.4. The van der Waals surface area contributed by atoms with Crippen LogP contribution in [0, 0.1) is 6.92 Å². The van der Waals surface area contributed by atoms with Gasteiger partial charge >= 0.3 is 0 Å². The van der Waals surface area contributed by atoms with Gasteiger partial charge in [0, 0.05) is 0 Å². The zero-order valence-electron chi connectivity index (χ0n) is 13.6. The van der Waals surface area contributed by atoms with Crippen LogP contribution in [-0.4, -0.2) is 0 Å². The van der Waals surface area contributed by atoms with Gasteiger partial charge in [0.1, 0.15) is 0 Å². The molecule has 2 rings (SSSR count). The maximum Gasteiger partial charge on any atom is -0.00803 e. The third kappa shape index (κ3) is 3.44. The molecule has 0 saturated carbocycles. The van der Waals surface area contributed by atoms with E-state index in [4.69, 9.17) is 0 Å². The lowest BCUT2D eigenvalue weighted by molar-refractivity contribution is 0.913. The molecule has 110 valence electrons. The Morgan fingerprint density at radius 1 is 1.14 bits per heavy atom. The Hall–Kier alpha value is -1.82. The van der Waals surface area contributed by atoms with Crippen molar-refractivity contribution in [2.45, 2.75) is 46.5 Å². The summed E-state index contributed by atoms with van der Waals surface area (Å²) in [5.41, 5.74) is 8.92. The summed E-state index contributed by atoms with van der Waals surface area (Å²) in [6.07, 6.45) is 6.93. The van der Waals surface area contributed by atoms with Crippen molar-refractivity contribution >= 4 is 5.57 Å². The van der Waals surface area contributed by atoms with Crippen molar-refractivity contribution in [1.82, 2.24) is 0 Å². The van der Waals surface area contributed by atoms with Gasteiger partial charge in [0.2, 0.25) is 0 Å². The van der Waals surface area contributed by atoms with Gasteiger partial charge in [-0.3, -0.25) is 0 Å². The third-order valence-electron chi connectivity index (χ3n) is 4.24. The first kappa shape index (κ1) is 15.6. The number of benzene rings is 1. The molecular formula is C21H26. The molecule has 0 heteroatoms. The molecule has 0 saturated heterocycles. The summed E-state index contributed by atoms with van der Waals surface area (Å²) in [7, 11) is 0. The number of aryl methyl sites for hydroxylation is 1. The second kappa shape index (κ2) is 6.76. The highest BCUT2D eigenvalue weighted by atomic mass is 14.2. The fourth-order valence-corrected chi connectivity index (χ4v) is 3.05. The summed E-state index contributed by atoms with van der Waals surface area (Å²) in [5.74, 6) is 0. The molecule has 0 unspecified atom stereocenters. The highest BCUT2D eigenvalue weighted by molar-refractivity contribution is 5.87. The van der Waals surface area contributed by atoms with E-state index in [-0.39, 0.29) is 0 Å². The second-order valence-electron chi connectivity index (χ2n) is 5.95. The Kier molecular flexibility index (Phi) is 5.01. The minimum absolute atomic E-state index is 0.991. The van der Waals surface area contributed by atoms with E-state index in [2.05, 4.69) is 64.3 Å². The predicted molar refractivity (Wildman–Crippen MR) is 94.3 cm³/mol. The van der Waals surface area contributed by atoms with Gasteiger partial charge in [-0.2, -0.15) is 0 Å². The van der Waals surface area contributed by atoms with Crippen molar-refractivity contribution in [2.24, 2.45) is 0 Å². The summed E-state index contributed by atoms with van der Waals surface area (Å²) in [6, 6.07) is 8.78. The van der Waals surface area contributed by atoms with Crippen LogP contribution < -0.4 is 0 Å². The zero-order valence-corrected chi connectivity index (χ0v) is 13.6. The van der Waals surface area contributed by atoms with Crippen LogP contribution in [0.2, 0.25) is 0 Å². The molecular weight excluding hydrogens is 252 g/mol. The fraction of sp³-hybridized carbons (Fsp3) is 0.333. The van der Waals surface area contributed by atoms with Crippen molar-refractivity contribution in [3.8, 4) is 0 Å². The maximum atomic E-state index is 4.42. The molecule has 1 aliphatic rings. The third-order valence-corrected chi connectivity index (χ3v) is 4.24. The van der Waals surface area contributed by atoms with Crippen molar-refractivity contribution in [1.29, 1.82) is 0 Å². The van der Waals surface area contributed by atoms with Crippen LogP contribution in [0.1, 0.15) is 50.7 Å². The second-order valence-corrected chi connectivity index (χ2v) is 5.95. The highest BCUT2D eigenvalue weighted by Gasteiger charge is 2.17. The monoisotopic (exact) mass is 278 g/mol. The average molecular weight is 278 g/mol. The molecule has 0 bridgehead atoms. The molecule has 0 fully saturated rings. The lowest BCUT2D eigenvalue weighted by Crippen LogP contribution is -1.98. The minimum Gasteiger partial charge on any atom is -0.0958 e. The van der Waals surface area contributed by atoms with E-state index in [1.165, 1.54) is 46.3 Å². The van der Waals surface area contributed by atoms with Gasteiger partial charge in [0.25, 0.3) is 0 Å². The molecule has 0 nitrogen and oxygen atoms in total. The molecule has 0 heterocycles. The molecule has 0 atom stereocenters. The van der Waals surface area contributed by atoms with E-state index in [9.17, 15) is 0 Å². The van der Waals surface area contributed by atoms with Crippen LogP contribution >= 0.6 is 0 Å². The van der Waals surface area contributed by atoms with Crippen LogP contribution in [-0.2, 0) is 0 Å². The largest absolute Gasteiger partial charge is 0.0958 e. The minimum atomic E-state index is 0.991. The van der Waals surface area contributed by atoms with E-state index in [1.54, 1.807) is 0 Å². The summed E-state index contributed by atoms with van der Waals surface area (Å²) < 4.78 is 0. The van der Waals surface area contributed by atoms with Crippen LogP contribution in [0.4, 0.5) is 0 Å². The van der Waals surface area contributed by atoms with Crippen molar-refractivity contribution < 1.29 is 0 Å². The molecule has 0 amide bonds. The van der Waals surface area contributed by atoms with Gasteiger partial charge in [-0.15, -0.1) is 0 Å². The Morgan fingerprint density at radius 3 is 2.29 bits per heavy atom. The van der Waals surface area contributed by atoms with Gasteiger partial charge in [0.15, 0.2) is 0 Å². The molecule has 1 aliphatic carbocycles. The summed E-state index contributed by atoms with van der Waals surface area (Å²) in [6.45, 7) is 15.0. The van der Waals surface area contributed by atoms with Gasteiger partial charge in [-0.25, -0.2) is 0 Å². The highest BCUT2D eigenvalue weighted by Crippen LogP contribution is 2.37. The predicted octanol–water partition coefficient (Wildman–Crippen LogP) is 6.40. The molecule has 0 aromatic heterocycles. The normalized spacial score (nSPS) is 15.5. The average Bonchev–Trinajstić information content (AvgIpc) is 2.99. The van der Waals surface area contributed by atoms with E-state index >= 15 is 0 Å². The standard InChI is InChI=1S/C21H26/c1-6-20(15(2)3)21(17(5)18-9-7-8-10-18)19-13-11-16(4)12-14-19/h9,11-14H,2,5-8,10H2,1,3-4H3/b21-20+. The van der Waals surface area contributed by atoms with E-state index in [0.717, 1.165) is 18.4 Å². The number of rotatable bonds is 5. The van der Waals surface area contributed by atoms with E-state index in [0.29, 0.717) is 0 Å². The van der Waals surface area contributed by atoms with E-state index < -0.39 is 0 Å². The Balaban J connectivity index is 2.56. The van der Waals surface area contributed by atoms with Gasteiger partial charge in [-0.05, 0) is 67.4 Å². The first-order valence-electron chi connectivity index (χ1n) is 7.89. The van der Waals surface area contributed by atoms with Crippen molar-refractivity contribution in [3.05, 3.63) is 76.9 Å². The molecule has 0 radical (unpaired) electrons. The van der Waals surface area contributed by atoms with Crippen LogP contribution in [0.15, 0.2) is 65.8 Å². The number of hydrogen-bond donors (Lipinski definition) is 0. The van der Waals surface area contributed by atoms with Crippen LogP contribution in [0.3, 0.4) is 0 Å². The topological polar surface area (TPSA) is 0 Å². The van der Waals surface area contributed by atoms with E-state index in [1.807, 2.05) is 0 Å². The molecule has 21 heavy (non-hydrogen) atoms. The Labute approximate surface area is 129 Å². The van der Waals surface area contributed by atoms with Crippen LogP contribution in [0.5, 0.6) is 0 Å². The molecule has 1 aromatic carbocycles. The SMILES string of the molecule is C=C(C)/C(CC)=C(\C(=C)C1=CCCC1)c1ccc(C)cc1. The number of hydrogen-bond acceptors (Lipinski definition) is 0. The Bertz CT molecular complexity index is 606. The quantitative estimate of drug-likeness (QED) is 0.546. The fourth-order valence-electron chi connectivity index (χ4n) is 3.05. The van der Waals surface area contributed by atoms with Gasteiger partial charge < -0.3 is 0 Å². The molecule has 0 N–H and O–H groups in total. The lowest BCUT2D eigenvalue weighted by atomic mass is 9.86. The van der Waals surface area contributed by atoms with Gasteiger partial charge in [-0.1, -0.05) is 61.6 Å². The molecule has 1 aromatic rings. The molecule has 0 spiro atoms. The van der Waals surface area contributed by atoms with Crippen LogP contribution in [0.25, 0.3) is 5.57 Å².